The second kappa shape index (κ2) is 4.97. The molecule has 1 aliphatic carbocycles. The summed E-state index contributed by atoms with van der Waals surface area (Å²) in [6.07, 6.45) is 9.00. The zero-order valence-corrected chi connectivity index (χ0v) is 7.99. The molecule has 0 spiro atoms. The van der Waals surface area contributed by atoms with Crippen LogP contribution in [0.2, 0.25) is 0 Å². The topological polar surface area (TPSA) is 0 Å². The van der Waals surface area contributed by atoms with Crippen LogP contribution < -0.4 is 0 Å². The van der Waals surface area contributed by atoms with Crippen molar-refractivity contribution in [2.24, 2.45) is 5.41 Å². The third-order valence-electron chi connectivity index (χ3n) is 2.55. The first-order valence-corrected chi connectivity index (χ1v) is 5.15. The molecule has 0 radical (unpaired) electrons. The predicted octanol–water partition coefficient (Wildman–Crippen LogP) is 4.15. The molecule has 0 N–H and O–H groups in total. The molecular weight excluding hydrogens is 200 g/mol. The highest BCUT2D eigenvalue weighted by Crippen LogP contribution is 2.38. The van der Waals surface area contributed by atoms with E-state index in [1.807, 2.05) is 0 Å². The van der Waals surface area contributed by atoms with Crippen molar-refractivity contribution in [1.29, 1.82) is 0 Å². The van der Waals surface area contributed by atoms with Gasteiger partial charge in [-0.1, -0.05) is 48.7 Å². The molecular formula is C10H19Br. The van der Waals surface area contributed by atoms with Crippen molar-refractivity contribution in [3.05, 3.63) is 12.7 Å². The van der Waals surface area contributed by atoms with E-state index in [0.29, 0.717) is 5.41 Å². The van der Waals surface area contributed by atoms with Crippen molar-refractivity contribution in [1.82, 2.24) is 0 Å². The fraction of sp³-hybridized carbons (Fsp3) is 0.800. The summed E-state index contributed by atoms with van der Waals surface area (Å²) < 4.78 is 0. The van der Waals surface area contributed by atoms with Gasteiger partial charge in [0.05, 0.1) is 0 Å². The molecule has 0 aromatic heterocycles. The number of hydrogen-bond acceptors (Lipinski definition) is 0. The van der Waals surface area contributed by atoms with Gasteiger partial charge in [0.1, 0.15) is 0 Å². The molecule has 0 atom stereocenters. The molecule has 0 aromatic rings. The maximum Gasteiger partial charge on any atom is 0.0122 e. The van der Waals surface area contributed by atoms with Crippen LogP contribution in [0.1, 0.15) is 39.5 Å². The minimum atomic E-state index is 0. The monoisotopic (exact) mass is 218 g/mol. The van der Waals surface area contributed by atoms with Crippen LogP contribution in [0, 0.1) is 5.41 Å². The summed E-state index contributed by atoms with van der Waals surface area (Å²) in [4.78, 5) is 0. The lowest BCUT2D eigenvalue weighted by molar-refractivity contribution is 0.295. The highest BCUT2D eigenvalue weighted by molar-refractivity contribution is 9.09. The molecule has 66 valence electrons. The summed E-state index contributed by atoms with van der Waals surface area (Å²) in [5.41, 5.74) is 0.443. The molecule has 0 aromatic carbocycles. The first kappa shape index (κ1) is 11.2. The van der Waals surface area contributed by atoms with Crippen molar-refractivity contribution in [2.45, 2.75) is 39.5 Å². The summed E-state index contributed by atoms with van der Waals surface area (Å²) in [5.74, 6) is 0. The van der Waals surface area contributed by atoms with Gasteiger partial charge >= 0.3 is 0 Å². The third-order valence-corrected chi connectivity index (χ3v) is 3.67. The Morgan fingerprint density at radius 3 is 2.09 bits per heavy atom. The molecule has 0 bridgehead atoms. The molecule has 0 aliphatic heterocycles. The highest BCUT2D eigenvalue weighted by atomic mass is 79.9. The van der Waals surface area contributed by atoms with Crippen molar-refractivity contribution in [3.8, 4) is 0 Å². The Labute approximate surface area is 79.2 Å². The van der Waals surface area contributed by atoms with Crippen LogP contribution in [0.15, 0.2) is 12.7 Å². The Morgan fingerprint density at radius 1 is 1.27 bits per heavy atom. The second-order valence-electron chi connectivity index (χ2n) is 3.26. The standard InChI is InChI=1S/C9H15Br.CH4/c1-2-9(8-10)6-4-3-5-7-9;/h2H,1,3-8H2;1H4. The molecule has 0 amide bonds. The van der Waals surface area contributed by atoms with E-state index in [9.17, 15) is 0 Å². The zero-order chi connectivity index (χ0) is 7.45. The number of rotatable bonds is 2. The van der Waals surface area contributed by atoms with Crippen LogP contribution in [0.3, 0.4) is 0 Å². The molecule has 0 heterocycles. The van der Waals surface area contributed by atoms with Gasteiger partial charge in [0.15, 0.2) is 0 Å². The van der Waals surface area contributed by atoms with Gasteiger partial charge in [-0.3, -0.25) is 0 Å². The molecule has 1 saturated carbocycles. The van der Waals surface area contributed by atoms with Gasteiger partial charge in [-0.2, -0.15) is 0 Å². The molecule has 0 nitrogen and oxygen atoms in total. The first-order chi connectivity index (χ1) is 4.83. The van der Waals surface area contributed by atoms with Gasteiger partial charge in [0.2, 0.25) is 0 Å². The van der Waals surface area contributed by atoms with E-state index in [0.717, 1.165) is 5.33 Å². The van der Waals surface area contributed by atoms with Crippen molar-refractivity contribution < 1.29 is 0 Å². The van der Waals surface area contributed by atoms with Crippen LogP contribution >= 0.6 is 15.9 Å². The fourth-order valence-electron chi connectivity index (χ4n) is 1.65. The Balaban J connectivity index is 0.000001000. The van der Waals surface area contributed by atoms with E-state index < -0.39 is 0 Å². The lowest BCUT2D eigenvalue weighted by Crippen LogP contribution is -2.22. The summed E-state index contributed by atoms with van der Waals surface area (Å²) in [6.45, 7) is 3.90. The average molecular weight is 219 g/mol. The van der Waals surface area contributed by atoms with E-state index in [1.165, 1.54) is 32.1 Å². The molecule has 1 rings (SSSR count). The minimum absolute atomic E-state index is 0. The average Bonchev–Trinajstić information content (AvgIpc) is 2.06. The lowest BCUT2D eigenvalue weighted by atomic mass is 9.76. The predicted molar refractivity (Wildman–Crippen MR) is 56.2 cm³/mol. The van der Waals surface area contributed by atoms with Crippen LogP contribution in [0.4, 0.5) is 0 Å². The molecule has 1 aliphatic rings. The Hall–Kier alpha value is 0.220. The lowest BCUT2D eigenvalue weighted by Gasteiger charge is -2.32. The summed E-state index contributed by atoms with van der Waals surface area (Å²) in [5, 5.41) is 1.10. The SMILES string of the molecule is C.C=CC1(CBr)CCCCC1. The van der Waals surface area contributed by atoms with Gasteiger partial charge in [-0.25, -0.2) is 0 Å². The minimum Gasteiger partial charge on any atom is -0.102 e. The molecule has 1 heteroatoms. The second-order valence-corrected chi connectivity index (χ2v) is 3.82. The molecule has 11 heavy (non-hydrogen) atoms. The first-order valence-electron chi connectivity index (χ1n) is 4.02. The maximum absolute atomic E-state index is 3.90. The van der Waals surface area contributed by atoms with Gasteiger partial charge in [-0.05, 0) is 18.3 Å². The summed E-state index contributed by atoms with van der Waals surface area (Å²) in [6, 6.07) is 0. The van der Waals surface area contributed by atoms with Crippen LogP contribution in [0.5, 0.6) is 0 Å². The van der Waals surface area contributed by atoms with Crippen LogP contribution in [0.25, 0.3) is 0 Å². The quantitative estimate of drug-likeness (QED) is 0.483. The highest BCUT2D eigenvalue weighted by Gasteiger charge is 2.26. The molecule has 1 fully saturated rings. The number of alkyl halides is 1. The third kappa shape index (κ3) is 2.62. The van der Waals surface area contributed by atoms with E-state index in [-0.39, 0.29) is 7.43 Å². The van der Waals surface area contributed by atoms with Gasteiger partial charge in [0.25, 0.3) is 0 Å². The van der Waals surface area contributed by atoms with E-state index in [1.54, 1.807) is 0 Å². The normalized spacial score (nSPS) is 21.9. The molecule has 0 unspecified atom stereocenters. The van der Waals surface area contributed by atoms with E-state index in [2.05, 4.69) is 28.6 Å². The van der Waals surface area contributed by atoms with Crippen molar-refractivity contribution in [3.63, 3.8) is 0 Å². The fourth-order valence-corrected chi connectivity index (χ4v) is 2.44. The number of halogens is 1. The van der Waals surface area contributed by atoms with Crippen molar-refractivity contribution >= 4 is 15.9 Å². The van der Waals surface area contributed by atoms with E-state index >= 15 is 0 Å². The largest absolute Gasteiger partial charge is 0.102 e. The van der Waals surface area contributed by atoms with Crippen molar-refractivity contribution in [2.75, 3.05) is 5.33 Å². The van der Waals surface area contributed by atoms with Crippen LogP contribution in [-0.2, 0) is 0 Å². The summed E-state index contributed by atoms with van der Waals surface area (Å²) in [7, 11) is 0. The smallest absolute Gasteiger partial charge is 0.0122 e. The number of hydrogen-bond donors (Lipinski definition) is 0. The Kier molecular flexibility index (Phi) is 5.07. The van der Waals surface area contributed by atoms with Gasteiger partial charge < -0.3 is 0 Å². The maximum atomic E-state index is 3.90. The number of allylic oxidation sites excluding steroid dienone is 1. The summed E-state index contributed by atoms with van der Waals surface area (Å²) >= 11 is 3.56. The van der Waals surface area contributed by atoms with Gasteiger partial charge in [-0.15, -0.1) is 6.58 Å². The zero-order valence-electron chi connectivity index (χ0n) is 6.41. The van der Waals surface area contributed by atoms with Gasteiger partial charge in [0, 0.05) is 5.33 Å². The van der Waals surface area contributed by atoms with E-state index in [4.69, 9.17) is 0 Å². The van der Waals surface area contributed by atoms with Crippen LogP contribution in [-0.4, -0.2) is 5.33 Å². The Bertz CT molecular complexity index is 112. The molecule has 0 saturated heterocycles. The Morgan fingerprint density at radius 2 is 1.82 bits per heavy atom.